The third-order valence-corrected chi connectivity index (χ3v) is 1.65. The molecule has 0 aliphatic heterocycles. The first-order valence-corrected chi connectivity index (χ1v) is 3.86. The third-order valence-electron chi connectivity index (χ3n) is 1.65. The van der Waals surface area contributed by atoms with Crippen molar-refractivity contribution in [1.82, 2.24) is 4.98 Å². The smallest absolute Gasteiger partial charge is 0.221 e. The van der Waals surface area contributed by atoms with Crippen LogP contribution in [0.2, 0.25) is 0 Å². The Morgan fingerprint density at radius 3 is 3.15 bits per heavy atom. The lowest BCUT2D eigenvalue weighted by Gasteiger charge is -1.99. The molecule has 0 saturated heterocycles. The number of anilines is 1. The van der Waals surface area contributed by atoms with Crippen LogP contribution < -0.4 is 5.32 Å². The highest BCUT2D eigenvalue weighted by molar-refractivity contribution is 5.90. The summed E-state index contributed by atoms with van der Waals surface area (Å²) in [6.07, 6.45) is 1.38. The molecule has 1 aromatic carbocycles. The molecule has 0 atom stereocenters. The molecule has 4 heteroatoms. The summed E-state index contributed by atoms with van der Waals surface area (Å²) < 4.78 is 5.08. The molecule has 0 radical (unpaired) electrons. The first-order valence-electron chi connectivity index (χ1n) is 3.86. The molecule has 0 aliphatic carbocycles. The number of benzene rings is 1. The Morgan fingerprint density at radius 2 is 2.38 bits per heavy atom. The Balaban J connectivity index is 2.42. The summed E-state index contributed by atoms with van der Waals surface area (Å²) >= 11 is 0. The zero-order valence-corrected chi connectivity index (χ0v) is 7.07. The van der Waals surface area contributed by atoms with Gasteiger partial charge in [0.2, 0.25) is 5.91 Å². The highest BCUT2D eigenvalue weighted by atomic mass is 16.3. The van der Waals surface area contributed by atoms with Crippen LogP contribution in [0.15, 0.2) is 29.0 Å². The second-order valence-electron chi connectivity index (χ2n) is 2.72. The summed E-state index contributed by atoms with van der Waals surface area (Å²) in [5.74, 6) is -0.0983. The summed E-state index contributed by atoms with van der Waals surface area (Å²) in [5, 5.41) is 2.66. The number of carbonyl (C=O) groups excluding carboxylic acids is 1. The summed E-state index contributed by atoms with van der Waals surface area (Å²) in [6, 6.07) is 5.32. The zero-order valence-electron chi connectivity index (χ0n) is 7.07. The lowest BCUT2D eigenvalue weighted by molar-refractivity contribution is -0.114. The molecule has 2 aromatic rings. The van der Waals surface area contributed by atoms with Crippen molar-refractivity contribution in [3.8, 4) is 0 Å². The molecule has 2 rings (SSSR count). The summed E-state index contributed by atoms with van der Waals surface area (Å²) in [4.78, 5) is 14.7. The Morgan fingerprint density at radius 1 is 1.54 bits per heavy atom. The molecule has 0 spiro atoms. The number of nitrogens with one attached hydrogen (secondary N) is 1. The maximum Gasteiger partial charge on any atom is 0.221 e. The van der Waals surface area contributed by atoms with Crippen molar-refractivity contribution in [2.45, 2.75) is 6.92 Å². The van der Waals surface area contributed by atoms with E-state index in [4.69, 9.17) is 4.42 Å². The van der Waals surface area contributed by atoms with E-state index in [1.807, 2.05) is 0 Å². The van der Waals surface area contributed by atoms with Gasteiger partial charge in [-0.3, -0.25) is 4.79 Å². The Labute approximate surface area is 74.6 Å². The van der Waals surface area contributed by atoms with Gasteiger partial charge in [0.25, 0.3) is 0 Å². The topological polar surface area (TPSA) is 55.1 Å². The molecule has 66 valence electrons. The summed E-state index contributed by atoms with van der Waals surface area (Å²) in [6.45, 7) is 1.46. The fourth-order valence-corrected chi connectivity index (χ4v) is 1.14. The van der Waals surface area contributed by atoms with E-state index in [-0.39, 0.29) is 5.91 Å². The molecule has 1 N–H and O–H groups in total. The number of rotatable bonds is 1. The van der Waals surface area contributed by atoms with Crippen LogP contribution in [0.1, 0.15) is 6.92 Å². The molecule has 4 nitrogen and oxygen atoms in total. The molecular weight excluding hydrogens is 168 g/mol. The van der Waals surface area contributed by atoms with Crippen LogP contribution in [0.5, 0.6) is 0 Å². The van der Waals surface area contributed by atoms with Crippen LogP contribution in [-0.4, -0.2) is 10.9 Å². The number of hydrogen-bond acceptors (Lipinski definition) is 3. The molecule has 0 aliphatic rings. The molecular formula is C9H8N2O2. The van der Waals surface area contributed by atoms with Gasteiger partial charge < -0.3 is 9.73 Å². The summed E-state index contributed by atoms with van der Waals surface area (Å²) in [5.41, 5.74) is 2.18. The van der Waals surface area contributed by atoms with Gasteiger partial charge >= 0.3 is 0 Å². The van der Waals surface area contributed by atoms with Crippen molar-refractivity contribution in [2.75, 3.05) is 5.32 Å². The second-order valence-corrected chi connectivity index (χ2v) is 2.72. The van der Waals surface area contributed by atoms with Crippen molar-refractivity contribution in [3.63, 3.8) is 0 Å². The number of hydrogen-bond donors (Lipinski definition) is 1. The van der Waals surface area contributed by atoms with E-state index < -0.39 is 0 Å². The van der Waals surface area contributed by atoms with Gasteiger partial charge in [-0.15, -0.1) is 0 Å². The molecule has 1 aromatic heterocycles. The number of nitrogens with zero attached hydrogens (tertiary/aromatic N) is 1. The van der Waals surface area contributed by atoms with Crippen molar-refractivity contribution in [2.24, 2.45) is 0 Å². The fourth-order valence-electron chi connectivity index (χ4n) is 1.14. The van der Waals surface area contributed by atoms with Gasteiger partial charge in [-0.2, -0.15) is 0 Å². The quantitative estimate of drug-likeness (QED) is 0.720. The maximum atomic E-state index is 10.7. The standard InChI is InChI=1S/C9H8N2O2/c1-6(12)11-7-2-3-8-9(4-7)13-5-10-8/h2-5H,1H3,(H,11,12). The lowest BCUT2D eigenvalue weighted by atomic mass is 10.3. The number of carbonyl (C=O) groups is 1. The van der Waals surface area contributed by atoms with E-state index in [1.54, 1.807) is 18.2 Å². The van der Waals surface area contributed by atoms with Gasteiger partial charge in [-0.25, -0.2) is 4.98 Å². The highest BCUT2D eigenvalue weighted by Gasteiger charge is 2.00. The minimum Gasteiger partial charge on any atom is -0.443 e. The number of aromatic nitrogens is 1. The monoisotopic (exact) mass is 176 g/mol. The van der Waals surface area contributed by atoms with Crippen LogP contribution in [-0.2, 0) is 4.79 Å². The molecule has 1 heterocycles. The normalized spacial score (nSPS) is 10.2. The number of amides is 1. The van der Waals surface area contributed by atoms with E-state index in [9.17, 15) is 4.79 Å². The van der Waals surface area contributed by atoms with Gasteiger partial charge in [0.05, 0.1) is 0 Å². The van der Waals surface area contributed by atoms with Gasteiger partial charge in [-0.1, -0.05) is 0 Å². The van der Waals surface area contributed by atoms with Crippen LogP contribution in [0.4, 0.5) is 5.69 Å². The average molecular weight is 176 g/mol. The maximum absolute atomic E-state index is 10.7. The first kappa shape index (κ1) is 7.79. The van der Waals surface area contributed by atoms with Crippen molar-refractivity contribution in [1.29, 1.82) is 0 Å². The van der Waals surface area contributed by atoms with Crippen LogP contribution in [0.3, 0.4) is 0 Å². The molecule has 13 heavy (non-hydrogen) atoms. The Bertz CT molecular complexity index is 448. The predicted octanol–water partition coefficient (Wildman–Crippen LogP) is 1.79. The molecule has 0 saturated carbocycles. The molecule has 0 unspecified atom stereocenters. The van der Waals surface area contributed by atoms with Crippen LogP contribution in [0.25, 0.3) is 11.1 Å². The lowest BCUT2D eigenvalue weighted by Crippen LogP contribution is -2.05. The number of fused-ring (bicyclic) bond motifs is 1. The van der Waals surface area contributed by atoms with E-state index in [0.29, 0.717) is 5.58 Å². The van der Waals surface area contributed by atoms with Crippen molar-refractivity contribution < 1.29 is 9.21 Å². The SMILES string of the molecule is CC(=O)Nc1ccc2ncoc2c1. The first-order chi connectivity index (χ1) is 6.25. The fraction of sp³-hybridized carbons (Fsp3) is 0.111. The molecule has 1 amide bonds. The summed E-state index contributed by atoms with van der Waals surface area (Å²) in [7, 11) is 0. The Hall–Kier alpha value is -1.84. The second kappa shape index (κ2) is 2.90. The number of oxazole rings is 1. The van der Waals surface area contributed by atoms with E-state index in [0.717, 1.165) is 11.2 Å². The van der Waals surface area contributed by atoms with E-state index in [2.05, 4.69) is 10.3 Å². The largest absolute Gasteiger partial charge is 0.443 e. The van der Waals surface area contributed by atoms with E-state index in [1.165, 1.54) is 13.3 Å². The van der Waals surface area contributed by atoms with Gasteiger partial charge in [-0.05, 0) is 12.1 Å². The predicted molar refractivity (Wildman–Crippen MR) is 48.3 cm³/mol. The zero-order chi connectivity index (χ0) is 9.26. The third kappa shape index (κ3) is 1.51. The molecule has 0 fully saturated rings. The van der Waals surface area contributed by atoms with Gasteiger partial charge in [0.1, 0.15) is 5.52 Å². The molecule has 0 bridgehead atoms. The van der Waals surface area contributed by atoms with Crippen LogP contribution >= 0.6 is 0 Å². The van der Waals surface area contributed by atoms with E-state index >= 15 is 0 Å². The van der Waals surface area contributed by atoms with Gasteiger partial charge in [0.15, 0.2) is 12.0 Å². The minimum absolute atomic E-state index is 0.0983. The van der Waals surface area contributed by atoms with Crippen molar-refractivity contribution in [3.05, 3.63) is 24.6 Å². The minimum atomic E-state index is -0.0983. The average Bonchev–Trinajstić information content (AvgIpc) is 2.49. The van der Waals surface area contributed by atoms with Crippen molar-refractivity contribution >= 4 is 22.7 Å². The van der Waals surface area contributed by atoms with Crippen LogP contribution in [0, 0.1) is 0 Å². The highest BCUT2D eigenvalue weighted by Crippen LogP contribution is 2.17. The Kier molecular flexibility index (Phi) is 1.73. The van der Waals surface area contributed by atoms with Gasteiger partial charge in [0, 0.05) is 18.7 Å².